The van der Waals surface area contributed by atoms with E-state index in [0.29, 0.717) is 0 Å². The number of aryl methyl sites for hydroxylation is 1. The van der Waals surface area contributed by atoms with E-state index >= 15 is 0 Å². The van der Waals surface area contributed by atoms with Gasteiger partial charge in [0, 0.05) is 19.4 Å². The molecule has 72 valence electrons. The zero-order valence-electron chi connectivity index (χ0n) is 7.82. The van der Waals surface area contributed by atoms with E-state index < -0.39 is 0 Å². The molecule has 1 atom stereocenters. The fraction of sp³-hybridized carbons (Fsp3) is 0.500. The molecule has 0 aliphatic rings. The Hall–Kier alpha value is -1.36. The minimum absolute atomic E-state index is 0.00869. The first kappa shape index (κ1) is 9.73. The first-order valence-corrected chi connectivity index (χ1v) is 4.11. The molecular formula is C8H14N4O. The summed E-state index contributed by atoms with van der Waals surface area (Å²) in [7, 11) is 1.88. The Labute approximate surface area is 76.9 Å². The lowest BCUT2D eigenvalue weighted by Crippen LogP contribution is -2.33. The average molecular weight is 182 g/mol. The fourth-order valence-electron chi connectivity index (χ4n) is 1.16. The van der Waals surface area contributed by atoms with Crippen molar-refractivity contribution in [2.75, 3.05) is 6.54 Å². The highest BCUT2D eigenvalue weighted by atomic mass is 16.1. The molecule has 0 aliphatic carbocycles. The van der Waals surface area contributed by atoms with Gasteiger partial charge in [0.2, 0.25) is 5.91 Å². The standard InChI is InChI=1S/C8H14N4O/c1-6(11-7(13)5-9)8-10-3-4-12(8)2/h3-4,6H,5,9H2,1-2H3,(H,11,13). The first-order valence-electron chi connectivity index (χ1n) is 4.11. The van der Waals surface area contributed by atoms with Crippen LogP contribution in [0.2, 0.25) is 0 Å². The van der Waals surface area contributed by atoms with Gasteiger partial charge in [0.05, 0.1) is 12.6 Å². The van der Waals surface area contributed by atoms with E-state index in [-0.39, 0.29) is 18.5 Å². The highest BCUT2D eigenvalue weighted by Gasteiger charge is 2.11. The molecule has 3 N–H and O–H groups in total. The van der Waals surface area contributed by atoms with Crippen molar-refractivity contribution in [2.45, 2.75) is 13.0 Å². The number of hydrogen-bond donors (Lipinski definition) is 2. The van der Waals surface area contributed by atoms with Crippen molar-refractivity contribution in [1.82, 2.24) is 14.9 Å². The molecule has 0 saturated heterocycles. The van der Waals surface area contributed by atoms with E-state index in [4.69, 9.17) is 5.73 Å². The van der Waals surface area contributed by atoms with E-state index in [2.05, 4.69) is 10.3 Å². The van der Waals surface area contributed by atoms with Crippen molar-refractivity contribution in [3.8, 4) is 0 Å². The van der Waals surface area contributed by atoms with Crippen molar-refractivity contribution in [2.24, 2.45) is 12.8 Å². The van der Waals surface area contributed by atoms with Crippen LogP contribution in [0.5, 0.6) is 0 Å². The van der Waals surface area contributed by atoms with Crippen molar-refractivity contribution in [3.05, 3.63) is 18.2 Å². The van der Waals surface area contributed by atoms with Crippen molar-refractivity contribution < 1.29 is 4.79 Å². The Balaban J connectivity index is 2.63. The number of nitrogens with two attached hydrogens (primary N) is 1. The molecule has 1 unspecified atom stereocenters. The van der Waals surface area contributed by atoms with Gasteiger partial charge >= 0.3 is 0 Å². The SMILES string of the molecule is CC(NC(=O)CN)c1nccn1C. The molecular weight excluding hydrogens is 168 g/mol. The summed E-state index contributed by atoms with van der Waals surface area (Å²) in [6.07, 6.45) is 3.53. The third kappa shape index (κ3) is 2.29. The molecule has 1 aromatic rings. The van der Waals surface area contributed by atoms with Crippen LogP contribution in [0.15, 0.2) is 12.4 Å². The number of imidazole rings is 1. The molecule has 5 nitrogen and oxygen atoms in total. The van der Waals surface area contributed by atoms with Crippen LogP contribution in [0, 0.1) is 0 Å². The van der Waals surface area contributed by atoms with Crippen LogP contribution in [0.1, 0.15) is 18.8 Å². The number of nitrogens with one attached hydrogen (secondary N) is 1. The summed E-state index contributed by atoms with van der Waals surface area (Å²) in [5.41, 5.74) is 5.17. The first-order chi connectivity index (χ1) is 6.15. The van der Waals surface area contributed by atoms with Crippen LogP contribution in [0.4, 0.5) is 0 Å². The van der Waals surface area contributed by atoms with Gasteiger partial charge < -0.3 is 15.6 Å². The normalized spacial score (nSPS) is 12.5. The van der Waals surface area contributed by atoms with Gasteiger partial charge in [0.25, 0.3) is 0 Å². The van der Waals surface area contributed by atoms with Crippen molar-refractivity contribution in [1.29, 1.82) is 0 Å². The minimum atomic E-state index is -0.171. The van der Waals surface area contributed by atoms with Crippen LogP contribution in [-0.2, 0) is 11.8 Å². The summed E-state index contributed by atoms with van der Waals surface area (Å²) < 4.78 is 1.86. The molecule has 0 aliphatic heterocycles. The largest absolute Gasteiger partial charge is 0.345 e. The number of carbonyl (C=O) groups excluding carboxylic acids is 1. The Morgan fingerprint density at radius 1 is 1.85 bits per heavy atom. The van der Waals surface area contributed by atoms with Crippen LogP contribution >= 0.6 is 0 Å². The Morgan fingerprint density at radius 2 is 2.54 bits per heavy atom. The average Bonchev–Trinajstić information content (AvgIpc) is 2.51. The van der Waals surface area contributed by atoms with Gasteiger partial charge in [-0.1, -0.05) is 0 Å². The zero-order valence-corrected chi connectivity index (χ0v) is 7.82. The predicted octanol–water partition coefficient (Wildman–Crippen LogP) is -0.444. The second-order valence-corrected chi connectivity index (χ2v) is 2.89. The molecule has 0 bridgehead atoms. The maximum atomic E-state index is 11.0. The second-order valence-electron chi connectivity index (χ2n) is 2.89. The monoisotopic (exact) mass is 182 g/mol. The summed E-state index contributed by atoms with van der Waals surface area (Å²) in [5.74, 6) is 0.650. The molecule has 1 rings (SSSR count). The smallest absolute Gasteiger partial charge is 0.234 e. The maximum Gasteiger partial charge on any atom is 0.234 e. The summed E-state index contributed by atoms with van der Waals surface area (Å²) in [6, 6.07) is -0.101. The highest BCUT2D eigenvalue weighted by Crippen LogP contribution is 2.07. The van der Waals surface area contributed by atoms with Gasteiger partial charge in [0.1, 0.15) is 5.82 Å². The van der Waals surface area contributed by atoms with Crippen LogP contribution < -0.4 is 11.1 Å². The van der Waals surface area contributed by atoms with Crippen LogP contribution in [0.3, 0.4) is 0 Å². The number of rotatable bonds is 3. The molecule has 5 heteroatoms. The van der Waals surface area contributed by atoms with E-state index in [1.807, 2.05) is 24.7 Å². The summed E-state index contributed by atoms with van der Waals surface area (Å²) in [4.78, 5) is 15.1. The Kier molecular flexibility index (Phi) is 3.02. The number of amides is 1. The molecule has 0 spiro atoms. The molecule has 13 heavy (non-hydrogen) atoms. The highest BCUT2D eigenvalue weighted by molar-refractivity contribution is 5.78. The maximum absolute atomic E-state index is 11.0. The van der Waals surface area contributed by atoms with E-state index in [9.17, 15) is 4.79 Å². The van der Waals surface area contributed by atoms with Gasteiger partial charge in [-0.3, -0.25) is 4.79 Å². The van der Waals surface area contributed by atoms with Crippen LogP contribution in [0.25, 0.3) is 0 Å². The predicted molar refractivity (Wildman–Crippen MR) is 48.8 cm³/mol. The summed E-state index contributed by atoms with van der Waals surface area (Å²) in [6.45, 7) is 1.88. The number of nitrogens with zero attached hydrogens (tertiary/aromatic N) is 2. The topological polar surface area (TPSA) is 72.9 Å². The molecule has 0 saturated carbocycles. The molecule has 0 fully saturated rings. The molecule has 0 radical (unpaired) electrons. The van der Waals surface area contributed by atoms with Gasteiger partial charge in [-0.2, -0.15) is 0 Å². The number of aromatic nitrogens is 2. The quantitative estimate of drug-likeness (QED) is 0.665. The molecule has 0 aromatic carbocycles. The third-order valence-corrected chi connectivity index (χ3v) is 1.81. The van der Waals surface area contributed by atoms with Crippen molar-refractivity contribution in [3.63, 3.8) is 0 Å². The van der Waals surface area contributed by atoms with Gasteiger partial charge in [0.15, 0.2) is 0 Å². The number of carbonyl (C=O) groups is 1. The second kappa shape index (κ2) is 4.04. The molecule has 1 amide bonds. The van der Waals surface area contributed by atoms with Gasteiger partial charge in [-0.05, 0) is 6.92 Å². The lowest BCUT2D eigenvalue weighted by molar-refractivity contribution is -0.120. The zero-order chi connectivity index (χ0) is 9.84. The van der Waals surface area contributed by atoms with E-state index in [0.717, 1.165) is 5.82 Å². The molecule has 1 aromatic heterocycles. The Morgan fingerprint density at radius 3 is 3.00 bits per heavy atom. The third-order valence-electron chi connectivity index (χ3n) is 1.81. The molecule has 1 heterocycles. The van der Waals surface area contributed by atoms with Crippen LogP contribution in [-0.4, -0.2) is 22.0 Å². The van der Waals surface area contributed by atoms with Crippen molar-refractivity contribution >= 4 is 5.91 Å². The minimum Gasteiger partial charge on any atom is -0.345 e. The summed E-state index contributed by atoms with van der Waals surface area (Å²) in [5, 5.41) is 2.73. The van der Waals surface area contributed by atoms with E-state index in [1.165, 1.54) is 0 Å². The lowest BCUT2D eigenvalue weighted by Gasteiger charge is -2.12. The lowest BCUT2D eigenvalue weighted by atomic mass is 10.3. The van der Waals surface area contributed by atoms with Gasteiger partial charge in [-0.25, -0.2) is 4.98 Å². The Bertz CT molecular complexity index is 294. The summed E-state index contributed by atoms with van der Waals surface area (Å²) >= 11 is 0. The van der Waals surface area contributed by atoms with E-state index in [1.54, 1.807) is 6.20 Å². The van der Waals surface area contributed by atoms with Gasteiger partial charge in [-0.15, -0.1) is 0 Å². The number of hydrogen-bond acceptors (Lipinski definition) is 3. The fourth-order valence-corrected chi connectivity index (χ4v) is 1.16.